The van der Waals surface area contributed by atoms with E-state index >= 15 is 0 Å². The van der Waals surface area contributed by atoms with Gasteiger partial charge in [-0.05, 0) is 58.6 Å². The first-order chi connectivity index (χ1) is 5.43. The van der Waals surface area contributed by atoms with Crippen molar-refractivity contribution >= 4 is 11.8 Å². The van der Waals surface area contributed by atoms with E-state index in [2.05, 4.69) is 4.84 Å². The summed E-state index contributed by atoms with van der Waals surface area (Å²) in [6, 6.07) is 0. The highest BCUT2D eigenvalue weighted by atomic mass is 35.5. The summed E-state index contributed by atoms with van der Waals surface area (Å²) in [5.41, 5.74) is 0.774. The third kappa shape index (κ3) is 0.206. The Kier molecular flexibility index (Phi) is 0.474. The highest BCUT2D eigenvalue weighted by Crippen LogP contribution is 3.05. The van der Waals surface area contributed by atoms with Crippen LogP contribution >= 0.6 is 11.8 Å². The van der Waals surface area contributed by atoms with E-state index in [0.717, 1.165) is 29.7 Å². The van der Waals surface area contributed by atoms with Crippen molar-refractivity contribution in [2.45, 2.75) is 0 Å². The van der Waals surface area contributed by atoms with Crippen LogP contribution in [0.15, 0.2) is 0 Å². The van der Waals surface area contributed by atoms with Gasteiger partial charge in [-0.25, -0.2) is 4.84 Å². The zero-order valence-corrected chi connectivity index (χ0v) is 6.88. The van der Waals surface area contributed by atoms with Gasteiger partial charge in [-0.3, -0.25) is 0 Å². The van der Waals surface area contributed by atoms with Gasteiger partial charge in [-0.2, -0.15) is 0 Å². The maximum Gasteiger partial charge on any atom is 0.0173 e. The van der Waals surface area contributed by atoms with Crippen LogP contribution in [0.4, 0.5) is 0 Å². The van der Waals surface area contributed by atoms with Crippen molar-refractivity contribution in [2.75, 3.05) is 6.54 Å². The highest BCUT2D eigenvalue weighted by molar-refractivity contribution is 6.13. The second kappa shape index (κ2) is 1.03. The summed E-state index contributed by atoms with van der Waals surface area (Å²) in [7, 11) is 0. The fraction of sp³-hybridized carbons (Fsp3) is 1.00. The lowest BCUT2D eigenvalue weighted by atomic mass is 8.96. The highest BCUT2D eigenvalue weighted by Gasteiger charge is 3.03. The molecular formula is C9H10ClN. The SMILES string of the molecule is ClNCC12C3C4C5C3C1C5C42. The van der Waals surface area contributed by atoms with Gasteiger partial charge in [0.05, 0.1) is 0 Å². The van der Waals surface area contributed by atoms with Crippen LogP contribution in [0.5, 0.6) is 0 Å². The van der Waals surface area contributed by atoms with Gasteiger partial charge in [0.15, 0.2) is 0 Å². The molecule has 0 aromatic carbocycles. The Labute approximate surface area is 70.6 Å². The van der Waals surface area contributed by atoms with Crippen molar-refractivity contribution in [2.24, 2.45) is 46.8 Å². The Hall–Kier alpha value is 0.250. The van der Waals surface area contributed by atoms with E-state index in [4.69, 9.17) is 11.8 Å². The minimum Gasteiger partial charge on any atom is -0.233 e. The molecule has 0 radical (unpaired) electrons. The lowest BCUT2D eigenvalue weighted by Gasteiger charge is -3.08. The molecule has 0 atom stereocenters. The van der Waals surface area contributed by atoms with Crippen molar-refractivity contribution in [1.29, 1.82) is 0 Å². The molecule has 0 aromatic heterocycles. The molecule has 0 heterocycles. The molecule has 1 N–H and O–H groups in total. The van der Waals surface area contributed by atoms with Crippen molar-refractivity contribution in [1.82, 2.24) is 4.84 Å². The van der Waals surface area contributed by atoms with Crippen LogP contribution in [0.25, 0.3) is 0 Å². The van der Waals surface area contributed by atoms with Gasteiger partial charge in [-0.15, -0.1) is 0 Å². The predicted molar refractivity (Wildman–Crippen MR) is 40.7 cm³/mol. The Bertz CT molecular complexity index is 236. The molecule has 0 amide bonds. The van der Waals surface area contributed by atoms with Crippen LogP contribution < -0.4 is 4.84 Å². The molecule has 6 aliphatic carbocycles. The van der Waals surface area contributed by atoms with Gasteiger partial charge in [0.1, 0.15) is 0 Å². The standard InChI is InChI=1S/C9H10ClN/c10-11-1-9-6-3-2-4(6)8(9)5(2)7(3)9/h2-8,11H,1H2. The monoisotopic (exact) mass is 167 g/mol. The zero-order valence-electron chi connectivity index (χ0n) is 6.13. The summed E-state index contributed by atoms with van der Waals surface area (Å²) in [5, 5.41) is 0. The number of nitrogens with one attached hydrogen (secondary N) is 1. The average molecular weight is 168 g/mol. The minimum atomic E-state index is 0.774. The van der Waals surface area contributed by atoms with E-state index in [0.29, 0.717) is 0 Å². The van der Waals surface area contributed by atoms with Crippen LogP contribution in [0.1, 0.15) is 0 Å². The van der Waals surface area contributed by atoms with Gasteiger partial charge < -0.3 is 0 Å². The third-order valence-electron chi connectivity index (χ3n) is 6.06. The largest absolute Gasteiger partial charge is 0.233 e. The van der Waals surface area contributed by atoms with Gasteiger partial charge in [0, 0.05) is 6.54 Å². The quantitative estimate of drug-likeness (QED) is 0.608. The number of halogens is 1. The van der Waals surface area contributed by atoms with Crippen molar-refractivity contribution in [3.8, 4) is 0 Å². The van der Waals surface area contributed by atoms with Crippen LogP contribution in [0.3, 0.4) is 0 Å². The summed E-state index contributed by atoms with van der Waals surface area (Å²) in [6.07, 6.45) is 0. The van der Waals surface area contributed by atoms with E-state index in [9.17, 15) is 0 Å². The van der Waals surface area contributed by atoms with E-state index < -0.39 is 0 Å². The van der Waals surface area contributed by atoms with Crippen molar-refractivity contribution in [3.05, 3.63) is 0 Å². The topological polar surface area (TPSA) is 12.0 Å². The summed E-state index contributed by atoms with van der Waals surface area (Å²) in [6.45, 7) is 1.12. The van der Waals surface area contributed by atoms with E-state index in [-0.39, 0.29) is 0 Å². The zero-order chi connectivity index (χ0) is 6.96. The first-order valence-corrected chi connectivity index (χ1v) is 5.14. The summed E-state index contributed by atoms with van der Waals surface area (Å²) >= 11 is 5.60. The molecule has 6 rings (SSSR count). The molecule has 0 spiro atoms. The maximum atomic E-state index is 5.60. The molecule has 0 bridgehead atoms. The van der Waals surface area contributed by atoms with Crippen LogP contribution in [0, 0.1) is 46.8 Å². The van der Waals surface area contributed by atoms with Gasteiger partial charge in [-0.1, -0.05) is 0 Å². The Morgan fingerprint density at radius 1 is 1.00 bits per heavy atom. The number of hydrogen-bond acceptors (Lipinski definition) is 1. The van der Waals surface area contributed by atoms with E-state index in [1.807, 2.05) is 0 Å². The lowest BCUT2D eigenvalue weighted by Crippen LogP contribution is -3.06. The molecule has 11 heavy (non-hydrogen) atoms. The molecule has 58 valence electrons. The molecule has 0 saturated heterocycles. The predicted octanol–water partition coefficient (Wildman–Crippen LogP) is 1.10. The molecule has 6 saturated carbocycles. The minimum absolute atomic E-state index is 0.774. The molecule has 0 aromatic rings. The molecule has 0 aliphatic heterocycles. The fourth-order valence-electron chi connectivity index (χ4n) is 6.14. The molecular weight excluding hydrogens is 158 g/mol. The molecule has 6 fully saturated rings. The normalized spacial score (nSPS) is 88.6. The molecule has 0 unspecified atom stereocenters. The summed E-state index contributed by atoms with van der Waals surface area (Å²) < 4.78 is 0. The molecule has 6 aliphatic rings. The van der Waals surface area contributed by atoms with Crippen LogP contribution in [-0.4, -0.2) is 6.54 Å². The second-order valence-electron chi connectivity index (χ2n) is 5.31. The average Bonchev–Trinajstić information content (AvgIpc) is 2.06. The van der Waals surface area contributed by atoms with Gasteiger partial charge in [0.2, 0.25) is 0 Å². The van der Waals surface area contributed by atoms with Crippen molar-refractivity contribution in [3.63, 3.8) is 0 Å². The van der Waals surface area contributed by atoms with Crippen LogP contribution in [0.2, 0.25) is 0 Å². The third-order valence-corrected chi connectivity index (χ3v) is 6.19. The molecule has 2 heteroatoms. The Balaban J connectivity index is 1.64. The summed E-state index contributed by atoms with van der Waals surface area (Å²) in [4.78, 5) is 2.88. The summed E-state index contributed by atoms with van der Waals surface area (Å²) in [5.74, 6) is 8.32. The van der Waals surface area contributed by atoms with Gasteiger partial charge in [0.25, 0.3) is 0 Å². The Morgan fingerprint density at radius 2 is 1.55 bits per heavy atom. The smallest absolute Gasteiger partial charge is 0.0173 e. The lowest BCUT2D eigenvalue weighted by molar-refractivity contribution is -0.611. The van der Waals surface area contributed by atoms with Crippen LogP contribution in [-0.2, 0) is 0 Å². The van der Waals surface area contributed by atoms with Gasteiger partial charge >= 0.3 is 0 Å². The fourth-order valence-corrected chi connectivity index (χ4v) is 6.37. The first kappa shape index (κ1) is 5.08. The van der Waals surface area contributed by atoms with Crippen molar-refractivity contribution < 1.29 is 0 Å². The van der Waals surface area contributed by atoms with E-state index in [1.54, 1.807) is 0 Å². The second-order valence-corrected chi connectivity index (χ2v) is 5.58. The first-order valence-electron chi connectivity index (χ1n) is 4.76. The number of hydrogen-bond donors (Lipinski definition) is 1. The molecule has 1 nitrogen and oxygen atoms in total. The van der Waals surface area contributed by atoms with E-state index in [1.165, 1.54) is 23.7 Å². The Morgan fingerprint density at radius 3 is 2.00 bits per heavy atom. The maximum absolute atomic E-state index is 5.60. The number of rotatable bonds is 2.